The van der Waals surface area contributed by atoms with Crippen LogP contribution in [0.5, 0.6) is 0 Å². The molecule has 4 heterocycles. The number of nitrogens with zero attached hydrogens (tertiary/aromatic N) is 6. The average Bonchev–Trinajstić information content (AvgIpc) is 3.32. The topological polar surface area (TPSA) is 80.9 Å². The molecule has 1 unspecified atom stereocenters. The van der Waals surface area contributed by atoms with E-state index in [4.69, 9.17) is 4.98 Å². The second-order valence-corrected chi connectivity index (χ2v) is 8.28. The maximum absolute atomic E-state index is 13.8. The van der Waals surface area contributed by atoms with Crippen molar-refractivity contribution in [1.29, 1.82) is 0 Å². The number of pyridine rings is 1. The van der Waals surface area contributed by atoms with E-state index in [9.17, 15) is 4.79 Å². The fourth-order valence-electron chi connectivity index (χ4n) is 3.92. The molecule has 0 aromatic carbocycles. The maximum atomic E-state index is 13.8. The number of aryl methyl sites for hydroxylation is 1. The molecule has 1 N–H and O–H groups in total. The third-order valence-electron chi connectivity index (χ3n) is 5.56. The summed E-state index contributed by atoms with van der Waals surface area (Å²) >= 11 is 0. The second-order valence-electron chi connectivity index (χ2n) is 8.28. The van der Waals surface area contributed by atoms with Crippen molar-refractivity contribution in [2.45, 2.75) is 45.7 Å². The second kappa shape index (κ2) is 9.97. The van der Waals surface area contributed by atoms with Crippen LogP contribution in [0.4, 0.5) is 0 Å². The monoisotopic (exact) mass is 467 g/mol. The highest BCUT2D eigenvalue weighted by molar-refractivity contribution is 6.05. The van der Waals surface area contributed by atoms with Gasteiger partial charge in [-0.15, -0.1) is 24.8 Å². The zero-order chi connectivity index (χ0) is 20.7. The van der Waals surface area contributed by atoms with Gasteiger partial charge in [-0.2, -0.15) is 5.10 Å². The number of imidazole rings is 1. The fraction of sp³-hybridized carbons (Fsp3) is 0.524. The molecule has 8 nitrogen and oxygen atoms in total. The molecule has 1 aliphatic heterocycles. The Labute approximate surface area is 195 Å². The summed E-state index contributed by atoms with van der Waals surface area (Å²) in [5.74, 6) is 1.12. The predicted octanol–water partition coefficient (Wildman–Crippen LogP) is 3.50. The van der Waals surface area contributed by atoms with Gasteiger partial charge in [0.2, 0.25) is 0 Å². The standard InChI is InChI=1S/C21H29N7O.2ClH/c1-13(2)17-10-15(16-11-24-28(14(3)4)19(16)25-17)21(29)27-9-6-22-12-18(27)20-23-7-8-26(20)5;;/h7-8,10-11,13-14,18,22H,6,9,12H2,1-5H3;2*1H. The average molecular weight is 468 g/mol. The Kier molecular flexibility index (Phi) is 8.08. The van der Waals surface area contributed by atoms with Crippen molar-refractivity contribution < 1.29 is 4.79 Å². The van der Waals surface area contributed by atoms with Crippen LogP contribution in [0, 0.1) is 0 Å². The van der Waals surface area contributed by atoms with E-state index in [1.54, 1.807) is 12.4 Å². The first kappa shape index (κ1) is 25.1. The number of hydrogen-bond acceptors (Lipinski definition) is 5. The molecular formula is C21H31Cl2N7O. The van der Waals surface area contributed by atoms with E-state index < -0.39 is 0 Å². The zero-order valence-electron chi connectivity index (χ0n) is 18.6. The first-order valence-electron chi connectivity index (χ1n) is 10.3. The SMILES string of the molecule is CC(C)c1cc(C(=O)N2CCNCC2c2nccn2C)c2cnn(C(C)C)c2n1.Cl.Cl. The summed E-state index contributed by atoms with van der Waals surface area (Å²) < 4.78 is 3.88. The molecule has 1 fully saturated rings. The van der Waals surface area contributed by atoms with Gasteiger partial charge in [-0.3, -0.25) is 4.79 Å². The third-order valence-corrected chi connectivity index (χ3v) is 5.56. The Morgan fingerprint density at radius 3 is 2.58 bits per heavy atom. The van der Waals surface area contributed by atoms with Crippen molar-refractivity contribution >= 4 is 41.8 Å². The number of nitrogens with one attached hydrogen (secondary N) is 1. The van der Waals surface area contributed by atoms with E-state index in [0.717, 1.165) is 29.1 Å². The van der Waals surface area contributed by atoms with Crippen LogP contribution in [0.2, 0.25) is 0 Å². The number of halogens is 2. The lowest BCUT2D eigenvalue weighted by Gasteiger charge is -2.36. The van der Waals surface area contributed by atoms with Gasteiger partial charge in [0.15, 0.2) is 5.65 Å². The minimum absolute atomic E-state index is 0. The summed E-state index contributed by atoms with van der Waals surface area (Å²) in [5, 5.41) is 8.73. The summed E-state index contributed by atoms with van der Waals surface area (Å²) in [6.07, 6.45) is 5.47. The van der Waals surface area contributed by atoms with Crippen molar-refractivity contribution in [1.82, 2.24) is 34.5 Å². The molecule has 0 saturated carbocycles. The lowest BCUT2D eigenvalue weighted by molar-refractivity contribution is 0.0622. The van der Waals surface area contributed by atoms with Gasteiger partial charge < -0.3 is 14.8 Å². The number of carbonyl (C=O) groups excluding carboxylic acids is 1. The number of aromatic nitrogens is 5. The summed E-state index contributed by atoms with van der Waals surface area (Å²) in [6, 6.07) is 2.01. The highest BCUT2D eigenvalue weighted by Gasteiger charge is 2.32. The summed E-state index contributed by atoms with van der Waals surface area (Å²) in [5.41, 5.74) is 2.36. The molecule has 31 heavy (non-hydrogen) atoms. The first-order chi connectivity index (χ1) is 13.9. The number of rotatable bonds is 4. The predicted molar refractivity (Wildman–Crippen MR) is 126 cm³/mol. The smallest absolute Gasteiger partial charge is 0.255 e. The molecule has 10 heteroatoms. The molecule has 0 spiro atoms. The van der Waals surface area contributed by atoms with E-state index >= 15 is 0 Å². The molecular weight excluding hydrogens is 437 g/mol. The summed E-state index contributed by atoms with van der Waals surface area (Å²) in [4.78, 5) is 25.0. The summed E-state index contributed by atoms with van der Waals surface area (Å²) in [7, 11) is 1.97. The summed E-state index contributed by atoms with van der Waals surface area (Å²) in [6.45, 7) is 10.4. The van der Waals surface area contributed by atoms with Crippen molar-refractivity contribution in [3.05, 3.63) is 41.7 Å². The van der Waals surface area contributed by atoms with Gasteiger partial charge in [0.25, 0.3) is 5.91 Å². The van der Waals surface area contributed by atoms with E-state index in [1.807, 2.05) is 33.5 Å². The van der Waals surface area contributed by atoms with Gasteiger partial charge in [0.1, 0.15) is 11.9 Å². The van der Waals surface area contributed by atoms with Gasteiger partial charge in [-0.1, -0.05) is 13.8 Å². The number of carbonyl (C=O) groups is 1. The number of fused-ring (bicyclic) bond motifs is 1. The van der Waals surface area contributed by atoms with Gasteiger partial charge in [-0.25, -0.2) is 14.6 Å². The van der Waals surface area contributed by atoms with Crippen molar-refractivity contribution in [3.8, 4) is 0 Å². The minimum Gasteiger partial charge on any atom is -0.336 e. The molecule has 1 amide bonds. The Bertz CT molecular complexity index is 1040. The largest absolute Gasteiger partial charge is 0.336 e. The third kappa shape index (κ3) is 4.56. The molecule has 3 aromatic heterocycles. The molecule has 1 saturated heterocycles. The minimum atomic E-state index is -0.109. The molecule has 0 radical (unpaired) electrons. The van der Waals surface area contributed by atoms with Crippen LogP contribution >= 0.6 is 24.8 Å². The lowest BCUT2D eigenvalue weighted by atomic mass is 10.0. The van der Waals surface area contributed by atoms with Crippen LogP contribution in [-0.2, 0) is 7.05 Å². The lowest BCUT2D eigenvalue weighted by Crippen LogP contribution is -2.49. The van der Waals surface area contributed by atoms with Crippen LogP contribution in [0.15, 0.2) is 24.7 Å². The molecule has 4 rings (SSSR count). The Morgan fingerprint density at radius 2 is 1.97 bits per heavy atom. The van der Waals surface area contributed by atoms with Crippen LogP contribution in [0.3, 0.4) is 0 Å². The molecule has 0 aliphatic carbocycles. The number of hydrogen-bond donors (Lipinski definition) is 1. The quantitative estimate of drug-likeness (QED) is 0.634. The molecule has 170 valence electrons. The highest BCUT2D eigenvalue weighted by atomic mass is 35.5. The van der Waals surface area contributed by atoms with Crippen molar-refractivity contribution in [3.63, 3.8) is 0 Å². The van der Waals surface area contributed by atoms with E-state index in [-0.39, 0.29) is 48.7 Å². The van der Waals surface area contributed by atoms with E-state index in [2.05, 4.69) is 43.1 Å². The zero-order valence-corrected chi connectivity index (χ0v) is 20.2. The van der Waals surface area contributed by atoms with Crippen LogP contribution in [0.1, 0.15) is 67.6 Å². The Morgan fingerprint density at radius 1 is 1.23 bits per heavy atom. The van der Waals surface area contributed by atoms with Crippen LogP contribution in [-0.4, -0.2) is 54.8 Å². The molecule has 0 bridgehead atoms. The first-order valence-corrected chi connectivity index (χ1v) is 10.3. The van der Waals surface area contributed by atoms with Crippen molar-refractivity contribution in [2.24, 2.45) is 7.05 Å². The Balaban J connectivity index is 0.00000171. The van der Waals surface area contributed by atoms with Gasteiger partial charge in [0, 0.05) is 50.8 Å². The molecule has 3 aromatic rings. The van der Waals surface area contributed by atoms with Crippen LogP contribution < -0.4 is 5.32 Å². The Hall–Kier alpha value is -2.16. The van der Waals surface area contributed by atoms with Crippen molar-refractivity contribution in [2.75, 3.05) is 19.6 Å². The van der Waals surface area contributed by atoms with Gasteiger partial charge >= 0.3 is 0 Å². The van der Waals surface area contributed by atoms with E-state index in [0.29, 0.717) is 18.7 Å². The number of piperazine rings is 1. The maximum Gasteiger partial charge on any atom is 0.255 e. The normalized spacial score (nSPS) is 16.5. The molecule has 1 aliphatic rings. The molecule has 1 atom stereocenters. The van der Waals surface area contributed by atoms with Gasteiger partial charge in [-0.05, 0) is 25.8 Å². The number of amides is 1. The van der Waals surface area contributed by atoms with Gasteiger partial charge in [0.05, 0.1) is 17.1 Å². The van der Waals surface area contributed by atoms with Crippen LogP contribution in [0.25, 0.3) is 11.0 Å². The highest BCUT2D eigenvalue weighted by Crippen LogP contribution is 2.28. The fourth-order valence-corrected chi connectivity index (χ4v) is 3.92. The van der Waals surface area contributed by atoms with E-state index in [1.165, 1.54) is 0 Å².